The predicted octanol–water partition coefficient (Wildman–Crippen LogP) is 2.57. The lowest BCUT2D eigenvalue weighted by molar-refractivity contribution is -0.178. The molecule has 6 nitrogen and oxygen atoms in total. The Labute approximate surface area is 149 Å². The van der Waals surface area contributed by atoms with Gasteiger partial charge in [-0.05, 0) is 33.6 Å². The minimum absolute atomic E-state index is 0.126. The Morgan fingerprint density at radius 1 is 1.16 bits per heavy atom. The van der Waals surface area contributed by atoms with E-state index in [1.54, 1.807) is 5.32 Å². The Morgan fingerprint density at radius 3 is 2.12 bits per heavy atom. The highest BCUT2D eigenvalue weighted by atomic mass is 35.5. The molecule has 0 aliphatic carbocycles. The molecule has 0 aromatic carbocycles. The number of carbonyl (C=O) groups excluding carboxylic acids is 3. The lowest BCUT2D eigenvalue weighted by atomic mass is 9.91. The zero-order valence-electron chi connectivity index (χ0n) is 14.5. The van der Waals surface area contributed by atoms with E-state index in [0.29, 0.717) is 6.42 Å². The Hall–Kier alpha value is -1.51. The van der Waals surface area contributed by atoms with E-state index in [0.717, 1.165) is 7.11 Å². The van der Waals surface area contributed by atoms with E-state index >= 15 is 0 Å². The van der Waals surface area contributed by atoms with Crippen molar-refractivity contribution in [3.8, 4) is 0 Å². The molecular formula is C15H23ClF3NO5. The van der Waals surface area contributed by atoms with Crippen molar-refractivity contribution in [1.29, 1.82) is 0 Å². The van der Waals surface area contributed by atoms with Crippen LogP contribution in [0.4, 0.5) is 13.2 Å². The van der Waals surface area contributed by atoms with Crippen molar-refractivity contribution in [3.05, 3.63) is 0 Å². The van der Waals surface area contributed by atoms with Crippen LogP contribution in [0.1, 0.15) is 40.0 Å². The van der Waals surface area contributed by atoms with Crippen LogP contribution in [0.25, 0.3) is 0 Å². The molecule has 25 heavy (non-hydrogen) atoms. The highest BCUT2D eigenvalue weighted by Gasteiger charge is 2.43. The van der Waals surface area contributed by atoms with Gasteiger partial charge >= 0.3 is 24.0 Å². The van der Waals surface area contributed by atoms with Crippen molar-refractivity contribution < 1.29 is 37.0 Å². The summed E-state index contributed by atoms with van der Waals surface area (Å²) in [5, 5.41) is 1.63. The molecule has 0 heterocycles. The molecule has 146 valence electrons. The first-order chi connectivity index (χ1) is 11.3. The molecule has 0 saturated carbocycles. The molecule has 0 saturated heterocycles. The number of nitrogens with one attached hydrogen (secondary N) is 1. The van der Waals surface area contributed by atoms with Crippen LogP contribution < -0.4 is 5.32 Å². The van der Waals surface area contributed by atoms with Gasteiger partial charge in [-0.1, -0.05) is 0 Å². The van der Waals surface area contributed by atoms with Gasteiger partial charge in [0.15, 0.2) is 0 Å². The van der Waals surface area contributed by atoms with Crippen molar-refractivity contribution in [3.63, 3.8) is 0 Å². The molecule has 0 aliphatic heterocycles. The van der Waals surface area contributed by atoms with E-state index in [-0.39, 0.29) is 18.7 Å². The molecule has 0 radical (unpaired) electrons. The highest BCUT2D eigenvalue weighted by Crippen LogP contribution is 2.23. The number of esters is 2. The van der Waals surface area contributed by atoms with Gasteiger partial charge in [-0.2, -0.15) is 13.2 Å². The zero-order chi connectivity index (χ0) is 19.8. The third-order valence-electron chi connectivity index (χ3n) is 3.04. The number of amides is 1. The van der Waals surface area contributed by atoms with E-state index < -0.39 is 41.6 Å². The molecule has 0 bridgehead atoms. The Bertz CT molecular complexity index is 477. The topological polar surface area (TPSA) is 81.7 Å². The normalized spacial score (nSPS) is 14.4. The smallest absolute Gasteiger partial charge is 0.469 e. The first-order valence-corrected chi connectivity index (χ1v) is 8.08. The summed E-state index contributed by atoms with van der Waals surface area (Å²) in [4.78, 5) is 35.1. The number of hydrogen-bond acceptors (Lipinski definition) is 5. The van der Waals surface area contributed by atoms with Crippen LogP contribution in [-0.2, 0) is 23.9 Å². The second-order valence-corrected chi connectivity index (χ2v) is 6.73. The maximum absolute atomic E-state index is 12.6. The summed E-state index contributed by atoms with van der Waals surface area (Å²) in [5.41, 5.74) is -0.986. The van der Waals surface area contributed by atoms with Crippen molar-refractivity contribution in [2.45, 2.75) is 57.9 Å². The first kappa shape index (κ1) is 23.5. The Kier molecular flexibility index (Phi) is 9.24. The third kappa shape index (κ3) is 9.52. The number of hydrogen-bond donors (Lipinski definition) is 1. The predicted molar refractivity (Wildman–Crippen MR) is 83.9 cm³/mol. The summed E-state index contributed by atoms with van der Waals surface area (Å²) in [6.07, 6.45) is -5.09. The van der Waals surface area contributed by atoms with Crippen molar-refractivity contribution >= 4 is 29.4 Å². The number of halogens is 4. The van der Waals surface area contributed by atoms with Crippen LogP contribution in [0.15, 0.2) is 0 Å². The molecule has 0 aliphatic rings. The quantitative estimate of drug-likeness (QED) is 0.509. The van der Waals surface area contributed by atoms with Gasteiger partial charge < -0.3 is 14.8 Å². The summed E-state index contributed by atoms with van der Waals surface area (Å²) >= 11 is 5.59. The number of rotatable bonds is 8. The van der Waals surface area contributed by atoms with Crippen LogP contribution in [0.2, 0.25) is 0 Å². The Balaban J connectivity index is 5.55. The van der Waals surface area contributed by atoms with Gasteiger partial charge in [0.25, 0.3) is 0 Å². The average molecular weight is 390 g/mol. The van der Waals surface area contributed by atoms with Crippen LogP contribution in [0.3, 0.4) is 0 Å². The second-order valence-electron chi connectivity index (χ2n) is 6.35. The summed E-state index contributed by atoms with van der Waals surface area (Å²) in [5.74, 6) is -4.86. The van der Waals surface area contributed by atoms with E-state index in [1.165, 1.54) is 20.8 Å². The highest BCUT2D eigenvalue weighted by molar-refractivity contribution is 6.17. The van der Waals surface area contributed by atoms with Gasteiger partial charge in [-0.15, -0.1) is 11.6 Å². The van der Waals surface area contributed by atoms with Gasteiger partial charge in [-0.3, -0.25) is 9.59 Å². The lowest BCUT2D eigenvalue weighted by Crippen LogP contribution is -2.52. The van der Waals surface area contributed by atoms with Gasteiger partial charge in [0.05, 0.1) is 13.5 Å². The van der Waals surface area contributed by atoms with E-state index in [1.807, 2.05) is 0 Å². The van der Waals surface area contributed by atoms with Crippen molar-refractivity contribution in [1.82, 2.24) is 5.32 Å². The van der Waals surface area contributed by atoms with E-state index in [2.05, 4.69) is 4.74 Å². The molecule has 0 unspecified atom stereocenters. The lowest BCUT2D eigenvalue weighted by Gasteiger charge is -2.29. The summed E-state index contributed by atoms with van der Waals surface area (Å²) in [6.45, 7) is 4.59. The SMILES string of the molecule is COC(=O)C[C@@H](CCCCl)[C@@H](NC(=O)C(F)(F)F)C(=O)OC(C)(C)C. The minimum atomic E-state index is -5.18. The summed E-state index contributed by atoms with van der Waals surface area (Å²) in [6, 6.07) is -1.66. The van der Waals surface area contributed by atoms with Crippen LogP contribution in [0.5, 0.6) is 0 Å². The molecule has 1 amide bonds. The summed E-state index contributed by atoms with van der Waals surface area (Å²) < 4.78 is 47.3. The van der Waals surface area contributed by atoms with Crippen LogP contribution >= 0.6 is 11.6 Å². The largest absolute Gasteiger partial charge is 0.471 e. The number of methoxy groups -OCH3 is 1. The average Bonchev–Trinajstić information content (AvgIpc) is 2.45. The number of alkyl halides is 4. The van der Waals surface area contributed by atoms with E-state index in [9.17, 15) is 27.6 Å². The maximum Gasteiger partial charge on any atom is 0.471 e. The zero-order valence-corrected chi connectivity index (χ0v) is 15.3. The maximum atomic E-state index is 12.6. The molecule has 0 aromatic heterocycles. The molecule has 0 aromatic rings. The standard InChI is InChI=1S/C15H23ClF3NO5/c1-14(2,3)25-12(22)11(20-13(23)15(17,18)19)9(6-5-7-16)8-10(21)24-4/h9,11H,5-8H2,1-4H3,(H,20,23)/t9-,11-/m1/s1. The van der Waals surface area contributed by atoms with Crippen LogP contribution in [0, 0.1) is 5.92 Å². The summed E-state index contributed by atoms with van der Waals surface area (Å²) in [7, 11) is 1.11. The third-order valence-corrected chi connectivity index (χ3v) is 3.31. The van der Waals surface area contributed by atoms with Gasteiger partial charge in [-0.25, -0.2) is 4.79 Å². The second kappa shape index (κ2) is 9.84. The molecular weight excluding hydrogens is 367 g/mol. The van der Waals surface area contributed by atoms with Gasteiger partial charge in [0, 0.05) is 11.8 Å². The molecule has 2 atom stereocenters. The van der Waals surface area contributed by atoms with Gasteiger partial charge in [0.1, 0.15) is 11.6 Å². The Morgan fingerprint density at radius 2 is 1.72 bits per heavy atom. The fourth-order valence-electron chi connectivity index (χ4n) is 1.98. The number of ether oxygens (including phenoxy) is 2. The molecule has 0 fully saturated rings. The minimum Gasteiger partial charge on any atom is -0.469 e. The molecule has 1 N–H and O–H groups in total. The monoisotopic (exact) mass is 389 g/mol. The molecule has 0 spiro atoms. The van der Waals surface area contributed by atoms with E-state index in [4.69, 9.17) is 16.3 Å². The van der Waals surface area contributed by atoms with Gasteiger partial charge in [0.2, 0.25) is 0 Å². The molecule has 0 rings (SSSR count). The molecule has 10 heteroatoms. The first-order valence-electron chi connectivity index (χ1n) is 7.55. The van der Waals surface area contributed by atoms with Crippen molar-refractivity contribution in [2.75, 3.05) is 13.0 Å². The van der Waals surface area contributed by atoms with Crippen molar-refractivity contribution in [2.24, 2.45) is 5.92 Å². The fraction of sp³-hybridized carbons (Fsp3) is 0.800. The van der Waals surface area contributed by atoms with Crippen LogP contribution in [-0.4, -0.2) is 48.7 Å². The fourth-order valence-corrected chi connectivity index (χ4v) is 2.14. The number of carbonyl (C=O) groups is 3.